The van der Waals surface area contributed by atoms with Crippen LogP contribution in [-0.4, -0.2) is 36.9 Å². The fourth-order valence-corrected chi connectivity index (χ4v) is 0.845. The van der Waals surface area contributed by atoms with E-state index in [1.54, 1.807) is 26.8 Å². The van der Waals surface area contributed by atoms with Gasteiger partial charge in [-0.1, -0.05) is 12.7 Å². The highest BCUT2D eigenvalue weighted by molar-refractivity contribution is 5.86. The van der Waals surface area contributed by atoms with Gasteiger partial charge in [0.05, 0.1) is 13.2 Å². The maximum absolute atomic E-state index is 10.4. The molecule has 5 heteroatoms. The van der Waals surface area contributed by atoms with Crippen LogP contribution in [0.2, 0.25) is 0 Å². The summed E-state index contributed by atoms with van der Waals surface area (Å²) in [4.78, 5) is 20.7. The van der Waals surface area contributed by atoms with Crippen LogP contribution in [0.3, 0.4) is 0 Å². The number of hydrogen-bond acceptors (Lipinski definition) is 4. The predicted octanol–water partition coefficient (Wildman–Crippen LogP) is 2.57. The van der Waals surface area contributed by atoms with E-state index in [0.29, 0.717) is 37.4 Å². The van der Waals surface area contributed by atoms with Gasteiger partial charge in [-0.3, -0.25) is 0 Å². The van der Waals surface area contributed by atoms with Crippen molar-refractivity contribution in [3.8, 4) is 0 Å². The van der Waals surface area contributed by atoms with E-state index in [4.69, 9.17) is 9.84 Å². The molecule has 0 unspecified atom stereocenters. The summed E-state index contributed by atoms with van der Waals surface area (Å²) in [5.41, 5.74) is 0.830. The molecule has 0 saturated heterocycles. The quantitative estimate of drug-likeness (QED) is 0.438. The summed E-state index contributed by atoms with van der Waals surface area (Å²) >= 11 is 0. The third-order valence-corrected chi connectivity index (χ3v) is 1.88. The Morgan fingerprint density at radius 3 is 2.11 bits per heavy atom. The van der Waals surface area contributed by atoms with Crippen LogP contribution in [0.4, 0.5) is 0 Å². The molecule has 0 aromatic rings. The van der Waals surface area contributed by atoms with Crippen LogP contribution in [0.25, 0.3) is 0 Å². The van der Waals surface area contributed by atoms with Crippen LogP contribution in [0, 0.1) is 0 Å². The molecule has 0 radical (unpaired) electrons. The van der Waals surface area contributed by atoms with Crippen LogP contribution >= 0.6 is 0 Å². The number of carbonyl (C=O) groups excluding carboxylic acids is 1. The first kappa shape index (κ1) is 19.7. The van der Waals surface area contributed by atoms with Crippen molar-refractivity contribution in [2.75, 3.05) is 19.8 Å². The maximum Gasteiger partial charge on any atom is 0.333 e. The van der Waals surface area contributed by atoms with E-state index >= 15 is 0 Å². The van der Waals surface area contributed by atoms with Gasteiger partial charge in [0.2, 0.25) is 0 Å². The summed E-state index contributed by atoms with van der Waals surface area (Å²) in [5.74, 6) is -1.17. The summed E-state index contributed by atoms with van der Waals surface area (Å²) in [6.45, 7) is 12.0. The van der Waals surface area contributed by atoms with E-state index in [1.165, 1.54) is 0 Å². The van der Waals surface area contributed by atoms with Gasteiger partial charge in [0.15, 0.2) is 0 Å². The number of carbonyl (C=O) groups is 2. The second-order valence-corrected chi connectivity index (χ2v) is 3.68. The molecule has 0 aromatic heterocycles. The van der Waals surface area contributed by atoms with Gasteiger partial charge in [-0.25, -0.2) is 9.59 Å². The third kappa shape index (κ3) is 14.3. The zero-order chi connectivity index (χ0) is 15.3. The summed E-state index contributed by atoms with van der Waals surface area (Å²) < 4.78 is 9.59. The molecular weight excluding hydrogens is 248 g/mol. The van der Waals surface area contributed by atoms with E-state index in [1.807, 2.05) is 6.92 Å². The van der Waals surface area contributed by atoms with Gasteiger partial charge >= 0.3 is 11.9 Å². The predicted molar refractivity (Wildman–Crippen MR) is 73.9 cm³/mol. The molecule has 1 N–H and O–H groups in total. The summed E-state index contributed by atoms with van der Waals surface area (Å²) in [7, 11) is 0. The SMILES string of the molecule is C=C(C)C(=O)OCC.CCOCCC=C(C)C(=O)O. The molecule has 5 nitrogen and oxygen atoms in total. The highest BCUT2D eigenvalue weighted by Gasteiger charge is 1.98. The fourth-order valence-electron chi connectivity index (χ4n) is 0.845. The number of rotatable bonds is 7. The molecule has 110 valence electrons. The Morgan fingerprint density at radius 1 is 1.21 bits per heavy atom. The Labute approximate surface area is 114 Å². The van der Waals surface area contributed by atoms with Crippen LogP contribution in [-0.2, 0) is 19.1 Å². The minimum Gasteiger partial charge on any atom is -0.478 e. The molecule has 0 spiro atoms. The monoisotopic (exact) mass is 272 g/mol. The minimum atomic E-state index is -0.860. The van der Waals surface area contributed by atoms with Crippen molar-refractivity contribution in [3.05, 3.63) is 23.8 Å². The molecule has 0 saturated carbocycles. The van der Waals surface area contributed by atoms with Crippen LogP contribution in [0.15, 0.2) is 23.8 Å². The molecule has 0 atom stereocenters. The van der Waals surface area contributed by atoms with Crippen molar-refractivity contribution < 1.29 is 24.2 Å². The Morgan fingerprint density at radius 2 is 1.79 bits per heavy atom. The Kier molecular flexibility index (Phi) is 13.3. The Balaban J connectivity index is 0. The highest BCUT2D eigenvalue weighted by atomic mass is 16.5. The van der Waals surface area contributed by atoms with Gasteiger partial charge in [0.25, 0.3) is 0 Å². The maximum atomic E-state index is 10.4. The minimum absolute atomic E-state index is 0.312. The molecule has 19 heavy (non-hydrogen) atoms. The summed E-state index contributed by atoms with van der Waals surface area (Å²) in [6.07, 6.45) is 2.34. The van der Waals surface area contributed by atoms with Crippen LogP contribution in [0.5, 0.6) is 0 Å². The van der Waals surface area contributed by atoms with E-state index in [-0.39, 0.29) is 5.97 Å². The number of esters is 1. The topological polar surface area (TPSA) is 72.8 Å². The Bertz CT molecular complexity index is 318. The molecule has 0 amide bonds. The number of ether oxygens (including phenoxy) is 2. The molecule has 0 fully saturated rings. The van der Waals surface area contributed by atoms with Crippen molar-refractivity contribution >= 4 is 11.9 Å². The van der Waals surface area contributed by atoms with Gasteiger partial charge in [-0.15, -0.1) is 0 Å². The molecule has 0 heterocycles. The third-order valence-electron chi connectivity index (χ3n) is 1.88. The lowest BCUT2D eigenvalue weighted by Crippen LogP contribution is -2.03. The van der Waals surface area contributed by atoms with Crippen molar-refractivity contribution in [1.29, 1.82) is 0 Å². The molecule has 0 rings (SSSR count). The lowest BCUT2D eigenvalue weighted by Gasteiger charge is -1.96. The first-order valence-electron chi connectivity index (χ1n) is 6.17. The second-order valence-electron chi connectivity index (χ2n) is 3.68. The first-order chi connectivity index (χ1) is 8.86. The molecule has 0 bridgehead atoms. The molecule has 0 aromatic carbocycles. The second kappa shape index (κ2) is 12.8. The van der Waals surface area contributed by atoms with Gasteiger partial charge in [0.1, 0.15) is 0 Å². The molecular formula is C14H24O5. The van der Waals surface area contributed by atoms with Gasteiger partial charge in [0, 0.05) is 17.8 Å². The van der Waals surface area contributed by atoms with Crippen molar-refractivity contribution in [2.24, 2.45) is 0 Å². The van der Waals surface area contributed by atoms with Crippen molar-refractivity contribution in [2.45, 2.75) is 34.1 Å². The zero-order valence-corrected chi connectivity index (χ0v) is 12.2. The van der Waals surface area contributed by atoms with Gasteiger partial charge in [-0.2, -0.15) is 0 Å². The normalized spacial score (nSPS) is 10.2. The average Bonchev–Trinajstić information content (AvgIpc) is 2.35. The largest absolute Gasteiger partial charge is 0.478 e. The van der Waals surface area contributed by atoms with E-state index < -0.39 is 5.97 Å². The summed E-state index contributed by atoms with van der Waals surface area (Å²) in [6, 6.07) is 0. The number of carboxylic acids is 1. The molecule has 0 aliphatic carbocycles. The smallest absolute Gasteiger partial charge is 0.333 e. The van der Waals surface area contributed by atoms with Crippen LogP contribution in [0.1, 0.15) is 34.1 Å². The lowest BCUT2D eigenvalue weighted by molar-refractivity contribution is -0.138. The Hall–Kier alpha value is -1.62. The number of hydrogen-bond donors (Lipinski definition) is 1. The van der Waals surface area contributed by atoms with E-state index in [0.717, 1.165) is 0 Å². The van der Waals surface area contributed by atoms with E-state index in [2.05, 4.69) is 11.3 Å². The number of carboxylic acid groups (broad SMARTS) is 1. The molecule has 0 aliphatic heterocycles. The lowest BCUT2D eigenvalue weighted by atomic mass is 10.2. The van der Waals surface area contributed by atoms with Crippen molar-refractivity contribution in [1.82, 2.24) is 0 Å². The highest BCUT2D eigenvalue weighted by Crippen LogP contribution is 1.95. The van der Waals surface area contributed by atoms with Crippen molar-refractivity contribution in [3.63, 3.8) is 0 Å². The van der Waals surface area contributed by atoms with Crippen LogP contribution < -0.4 is 0 Å². The first-order valence-corrected chi connectivity index (χ1v) is 6.17. The van der Waals surface area contributed by atoms with Gasteiger partial charge in [-0.05, 0) is 34.1 Å². The number of aliphatic carboxylic acids is 1. The fraction of sp³-hybridized carbons (Fsp3) is 0.571. The zero-order valence-electron chi connectivity index (χ0n) is 12.2. The van der Waals surface area contributed by atoms with Gasteiger partial charge < -0.3 is 14.6 Å². The average molecular weight is 272 g/mol. The summed E-state index contributed by atoms with van der Waals surface area (Å²) in [5, 5.41) is 8.43. The molecule has 0 aliphatic rings. The standard InChI is InChI=1S/C8H14O3.C6H10O2/c1-3-11-6-4-5-7(2)8(9)10;1-4-8-6(7)5(2)3/h5H,3-4,6H2,1-2H3,(H,9,10);2,4H2,1,3H3. The van der Waals surface area contributed by atoms with E-state index in [9.17, 15) is 9.59 Å².